The molecule has 7 nitrogen and oxygen atoms in total. The number of nitrogens with zero attached hydrogens (tertiary/aromatic N) is 2. The number of anilines is 1. The van der Waals surface area contributed by atoms with Crippen LogP contribution in [0.4, 0.5) is 5.69 Å². The third-order valence-corrected chi connectivity index (χ3v) is 4.49. The molecule has 29 heavy (non-hydrogen) atoms. The molecule has 3 rings (SSSR count). The molecule has 0 bridgehead atoms. The van der Waals surface area contributed by atoms with E-state index in [1.54, 1.807) is 56.0 Å². The van der Waals surface area contributed by atoms with Gasteiger partial charge in [0.25, 0.3) is 5.91 Å². The van der Waals surface area contributed by atoms with E-state index in [1.807, 2.05) is 10.8 Å². The first-order valence-electron chi connectivity index (χ1n) is 8.94. The van der Waals surface area contributed by atoms with E-state index < -0.39 is 5.97 Å². The lowest BCUT2D eigenvalue weighted by Gasteiger charge is -2.10. The minimum Gasteiger partial charge on any atom is -0.497 e. The average Bonchev–Trinajstić information content (AvgIpc) is 3.26. The molecule has 1 aromatic heterocycles. The van der Waals surface area contributed by atoms with E-state index in [-0.39, 0.29) is 12.5 Å². The van der Waals surface area contributed by atoms with Gasteiger partial charge in [0.1, 0.15) is 5.75 Å². The predicted octanol–water partition coefficient (Wildman–Crippen LogP) is 4.04. The van der Waals surface area contributed by atoms with Gasteiger partial charge in [-0.05, 0) is 48.9 Å². The summed E-state index contributed by atoms with van der Waals surface area (Å²) in [5.41, 5.74) is 1.08. The van der Waals surface area contributed by atoms with Crippen molar-refractivity contribution >= 4 is 29.2 Å². The maximum absolute atomic E-state index is 12.4. The number of aryl methyl sites for hydroxylation is 1. The minimum atomic E-state index is -0.479. The van der Waals surface area contributed by atoms with E-state index in [4.69, 9.17) is 21.1 Å². The molecule has 0 atom stereocenters. The van der Waals surface area contributed by atoms with E-state index >= 15 is 0 Å². The molecule has 0 aliphatic heterocycles. The smallest absolute Gasteiger partial charge is 0.338 e. The number of imidazole rings is 1. The first kappa shape index (κ1) is 20.4. The zero-order chi connectivity index (χ0) is 20.6. The largest absolute Gasteiger partial charge is 0.497 e. The average molecular weight is 414 g/mol. The highest BCUT2D eigenvalue weighted by atomic mass is 35.5. The van der Waals surface area contributed by atoms with Crippen LogP contribution in [-0.4, -0.2) is 35.1 Å². The summed E-state index contributed by atoms with van der Waals surface area (Å²) in [6.45, 7) is 0.976. The summed E-state index contributed by atoms with van der Waals surface area (Å²) >= 11 is 6.17. The van der Waals surface area contributed by atoms with E-state index in [1.165, 1.54) is 6.07 Å². The molecule has 2 aromatic carbocycles. The Labute approximate surface area is 173 Å². The van der Waals surface area contributed by atoms with Crippen LogP contribution in [0.3, 0.4) is 0 Å². The summed E-state index contributed by atoms with van der Waals surface area (Å²) in [6.07, 6.45) is 5.91. The van der Waals surface area contributed by atoms with Crippen molar-refractivity contribution in [3.05, 3.63) is 77.3 Å². The highest BCUT2D eigenvalue weighted by molar-refractivity contribution is 6.34. The molecule has 0 spiro atoms. The van der Waals surface area contributed by atoms with Gasteiger partial charge >= 0.3 is 5.97 Å². The number of halogens is 1. The number of ether oxygens (including phenoxy) is 2. The maximum Gasteiger partial charge on any atom is 0.338 e. The molecule has 3 aromatic rings. The van der Waals surface area contributed by atoms with Gasteiger partial charge in [-0.25, -0.2) is 9.78 Å². The van der Waals surface area contributed by atoms with Gasteiger partial charge in [-0.1, -0.05) is 11.6 Å². The van der Waals surface area contributed by atoms with E-state index in [9.17, 15) is 9.59 Å². The molecular formula is C21H20ClN3O4. The van der Waals surface area contributed by atoms with Crippen LogP contribution in [-0.2, 0) is 11.3 Å². The molecule has 0 saturated heterocycles. The van der Waals surface area contributed by atoms with Gasteiger partial charge in [0.05, 0.1) is 36.3 Å². The monoisotopic (exact) mass is 413 g/mol. The van der Waals surface area contributed by atoms with Crippen LogP contribution in [0.5, 0.6) is 5.75 Å². The molecule has 150 valence electrons. The van der Waals surface area contributed by atoms with Crippen LogP contribution < -0.4 is 10.1 Å². The lowest BCUT2D eigenvalue weighted by atomic mass is 10.1. The third kappa shape index (κ3) is 5.58. The number of hydrogen-bond acceptors (Lipinski definition) is 5. The number of esters is 1. The number of hydrogen-bond donors (Lipinski definition) is 1. The molecule has 1 heterocycles. The Morgan fingerprint density at radius 1 is 1.14 bits per heavy atom. The fourth-order valence-corrected chi connectivity index (χ4v) is 2.76. The zero-order valence-corrected chi connectivity index (χ0v) is 16.6. The number of rotatable bonds is 8. The number of methoxy groups -OCH3 is 1. The molecule has 0 saturated carbocycles. The van der Waals surface area contributed by atoms with Crippen molar-refractivity contribution < 1.29 is 19.1 Å². The number of carbonyl (C=O) groups is 2. The second kappa shape index (κ2) is 9.75. The van der Waals surface area contributed by atoms with Gasteiger partial charge in [-0.3, -0.25) is 4.79 Å². The van der Waals surface area contributed by atoms with Gasteiger partial charge in [0.15, 0.2) is 0 Å². The molecule has 0 unspecified atom stereocenters. The summed E-state index contributed by atoms with van der Waals surface area (Å²) in [7, 11) is 1.55. The Balaban J connectivity index is 1.59. The van der Waals surface area contributed by atoms with Gasteiger partial charge in [0.2, 0.25) is 0 Å². The van der Waals surface area contributed by atoms with Crippen molar-refractivity contribution in [1.29, 1.82) is 0 Å². The Kier molecular flexibility index (Phi) is 6.86. The van der Waals surface area contributed by atoms with E-state index in [0.717, 1.165) is 0 Å². The summed E-state index contributed by atoms with van der Waals surface area (Å²) < 4.78 is 12.3. The van der Waals surface area contributed by atoms with Gasteiger partial charge in [0, 0.05) is 24.5 Å². The summed E-state index contributed by atoms with van der Waals surface area (Å²) in [4.78, 5) is 28.7. The summed E-state index contributed by atoms with van der Waals surface area (Å²) in [5.74, 6) is -0.176. The predicted molar refractivity (Wildman–Crippen MR) is 110 cm³/mol. The zero-order valence-electron chi connectivity index (χ0n) is 15.8. The molecule has 0 fully saturated rings. The molecule has 1 amide bonds. The van der Waals surface area contributed by atoms with Crippen LogP contribution in [0.25, 0.3) is 0 Å². The Bertz CT molecular complexity index is 972. The molecule has 0 radical (unpaired) electrons. The van der Waals surface area contributed by atoms with E-state index in [2.05, 4.69) is 10.3 Å². The van der Waals surface area contributed by atoms with Crippen LogP contribution >= 0.6 is 11.6 Å². The van der Waals surface area contributed by atoms with Crippen LogP contribution in [0.15, 0.2) is 61.2 Å². The Morgan fingerprint density at radius 2 is 1.90 bits per heavy atom. The highest BCUT2D eigenvalue weighted by Gasteiger charge is 2.13. The van der Waals surface area contributed by atoms with Gasteiger partial charge < -0.3 is 19.4 Å². The molecule has 0 aliphatic carbocycles. The first-order valence-corrected chi connectivity index (χ1v) is 9.32. The Morgan fingerprint density at radius 3 is 2.59 bits per heavy atom. The van der Waals surface area contributed by atoms with Crippen LogP contribution in [0.2, 0.25) is 5.02 Å². The number of aromatic nitrogens is 2. The van der Waals surface area contributed by atoms with E-state index in [0.29, 0.717) is 40.6 Å². The number of nitrogens with one attached hydrogen (secondary N) is 1. The standard InChI is InChI=1S/C21H20ClN3O4/c1-28-17-6-3-15(4-7-17)20(26)24-19-13-16(5-8-18(19)22)21(27)29-12-2-10-25-11-9-23-14-25/h3-9,11,13-14H,2,10,12H2,1H3,(H,24,26). The number of benzene rings is 2. The topological polar surface area (TPSA) is 82.5 Å². The quantitative estimate of drug-likeness (QED) is 0.445. The normalized spacial score (nSPS) is 10.4. The SMILES string of the molecule is COc1ccc(C(=O)Nc2cc(C(=O)OCCCn3ccnc3)ccc2Cl)cc1. The molecule has 0 aliphatic rings. The van der Waals surface area contributed by atoms with Crippen molar-refractivity contribution in [3.8, 4) is 5.75 Å². The molecule has 8 heteroatoms. The fourth-order valence-electron chi connectivity index (χ4n) is 2.60. The van der Waals surface area contributed by atoms with Gasteiger partial charge in [-0.2, -0.15) is 0 Å². The maximum atomic E-state index is 12.4. The fraction of sp³-hybridized carbons (Fsp3) is 0.190. The van der Waals surface area contributed by atoms with Crippen molar-refractivity contribution in [2.24, 2.45) is 0 Å². The lowest BCUT2D eigenvalue weighted by Crippen LogP contribution is -2.13. The summed E-state index contributed by atoms with van der Waals surface area (Å²) in [5, 5.41) is 3.04. The third-order valence-electron chi connectivity index (χ3n) is 4.16. The number of carbonyl (C=O) groups excluding carboxylic acids is 2. The molecule has 1 N–H and O–H groups in total. The highest BCUT2D eigenvalue weighted by Crippen LogP contribution is 2.24. The van der Waals surface area contributed by atoms with Crippen molar-refractivity contribution in [1.82, 2.24) is 9.55 Å². The van der Waals surface area contributed by atoms with Gasteiger partial charge in [-0.15, -0.1) is 0 Å². The minimum absolute atomic E-state index is 0.271. The van der Waals surface area contributed by atoms with Crippen molar-refractivity contribution in [2.45, 2.75) is 13.0 Å². The lowest BCUT2D eigenvalue weighted by molar-refractivity contribution is 0.0496. The summed E-state index contributed by atoms with van der Waals surface area (Å²) in [6, 6.07) is 11.3. The van der Waals surface area contributed by atoms with Crippen LogP contribution in [0.1, 0.15) is 27.1 Å². The second-order valence-corrected chi connectivity index (χ2v) is 6.57. The number of amides is 1. The Hall–Kier alpha value is -3.32. The van der Waals surface area contributed by atoms with Crippen molar-refractivity contribution in [3.63, 3.8) is 0 Å². The second-order valence-electron chi connectivity index (χ2n) is 6.17. The van der Waals surface area contributed by atoms with Crippen LogP contribution in [0, 0.1) is 0 Å². The first-order chi connectivity index (χ1) is 14.1. The van der Waals surface area contributed by atoms with Crippen molar-refractivity contribution in [2.75, 3.05) is 19.0 Å². The molecular weight excluding hydrogens is 394 g/mol.